The zero-order valence-electron chi connectivity index (χ0n) is 13.5. The van der Waals surface area contributed by atoms with E-state index in [1.165, 1.54) is 25.7 Å². The summed E-state index contributed by atoms with van der Waals surface area (Å²) in [6.07, 6.45) is 5.24. The lowest BCUT2D eigenvalue weighted by Gasteiger charge is -2.20. The number of hydrogen-bond acceptors (Lipinski definition) is 4. The Labute approximate surface area is 161 Å². The summed E-state index contributed by atoms with van der Waals surface area (Å²) in [6.45, 7) is 3.83. The van der Waals surface area contributed by atoms with Gasteiger partial charge in [-0.05, 0) is 38.1 Å². The van der Waals surface area contributed by atoms with Crippen LogP contribution in [0.15, 0.2) is 12.1 Å². The summed E-state index contributed by atoms with van der Waals surface area (Å²) in [6, 6.07) is 3.30. The number of rotatable bonds is 4. The summed E-state index contributed by atoms with van der Waals surface area (Å²) in [5.74, 6) is -3.12. The van der Waals surface area contributed by atoms with Crippen molar-refractivity contribution < 1.29 is 24.5 Å². The lowest BCUT2D eigenvalue weighted by molar-refractivity contribution is -0.159. The molecule has 1 aromatic carbocycles. The van der Waals surface area contributed by atoms with Gasteiger partial charge in [0.15, 0.2) is 5.75 Å². The lowest BCUT2D eigenvalue weighted by atomic mass is 10.2. The first-order chi connectivity index (χ1) is 11.8. The highest BCUT2D eigenvalue weighted by Gasteiger charge is 2.12. The molecule has 0 radical (unpaired) electrons. The highest BCUT2D eigenvalue weighted by Crippen LogP contribution is 2.35. The third kappa shape index (κ3) is 8.63. The molecule has 1 aliphatic rings. The second-order valence-corrected chi connectivity index (χ2v) is 6.66. The van der Waals surface area contributed by atoms with Crippen LogP contribution in [0.4, 0.5) is 0 Å². The van der Waals surface area contributed by atoms with Crippen molar-refractivity contribution in [2.24, 2.45) is 0 Å². The normalized spacial score (nSPS) is 14.8. The maximum absolute atomic E-state index is 9.10. The number of nitrogens with zero attached hydrogens (tertiary/aromatic N) is 1. The number of halogens is 3. The molecule has 0 amide bonds. The van der Waals surface area contributed by atoms with Crippen molar-refractivity contribution in [2.45, 2.75) is 25.7 Å². The predicted molar refractivity (Wildman–Crippen MR) is 97.1 cm³/mol. The van der Waals surface area contributed by atoms with Gasteiger partial charge in [-0.15, -0.1) is 0 Å². The number of ether oxygens (including phenoxy) is 1. The molecule has 0 aromatic heterocycles. The van der Waals surface area contributed by atoms with Crippen LogP contribution in [0.5, 0.6) is 5.75 Å². The van der Waals surface area contributed by atoms with Crippen LogP contribution in [-0.2, 0) is 9.59 Å². The Balaban J connectivity index is 0.000000450. The number of benzene rings is 1. The smallest absolute Gasteiger partial charge is 0.414 e. The van der Waals surface area contributed by atoms with Crippen molar-refractivity contribution in [3.05, 3.63) is 27.2 Å². The van der Waals surface area contributed by atoms with Crippen molar-refractivity contribution in [3.8, 4) is 5.75 Å². The summed E-state index contributed by atoms with van der Waals surface area (Å²) in [5.41, 5.74) is 0. The van der Waals surface area contributed by atoms with Crippen LogP contribution in [0.1, 0.15) is 25.7 Å². The van der Waals surface area contributed by atoms with Crippen LogP contribution in [0.25, 0.3) is 0 Å². The Bertz CT molecular complexity index is 554. The van der Waals surface area contributed by atoms with Crippen LogP contribution < -0.4 is 4.74 Å². The first-order valence-corrected chi connectivity index (χ1v) is 8.90. The number of carboxylic acid groups (broad SMARTS) is 2. The topological polar surface area (TPSA) is 87.1 Å². The van der Waals surface area contributed by atoms with Crippen LogP contribution in [-0.4, -0.2) is 53.3 Å². The van der Waals surface area contributed by atoms with E-state index in [0.717, 1.165) is 19.6 Å². The first-order valence-electron chi connectivity index (χ1n) is 7.77. The van der Waals surface area contributed by atoms with Gasteiger partial charge in [0.2, 0.25) is 0 Å². The largest absolute Gasteiger partial charge is 0.489 e. The van der Waals surface area contributed by atoms with Gasteiger partial charge in [0.25, 0.3) is 0 Å². The monoisotopic (exact) mass is 411 g/mol. The highest BCUT2D eigenvalue weighted by molar-refractivity contribution is 6.40. The van der Waals surface area contributed by atoms with Crippen LogP contribution in [0.3, 0.4) is 0 Å². The minimum Gasteiger partial charge on any atom is -0.489 e. The van der Waals surface area contributed by atoms with Gasteiger partial charge in [0.1, 0.15) is 6.61 Å². The molecular weight excluding hydrogens is 393 g/mol. The van der Waals surface area contributed by atoms with E-state index in [9.17, 15) is 0 Å². The summed E-state index contributed by atoms with van der Waals surface area (Å²) < 4.78 is 5.70. The molecule has 2 rings (SSSR count). The Kier molecular flexibility index (Phi) is 9.97. The quantitative estimate of drug-likeness (QED) is 0.725. The van der Waals surface area contributed by atoms with E-state index in [4.69, 9.17) is 59.3 Å². The second-order valence-electron chi connectivity index (χ2n) is 5.41. The average molecular weight is 413 g/mol. The summed E-state index contributed by atoms with van der Waals surface area (Å²) in [7, 11) is 0. The van der Waals surface area contributed by atoms with E-state index in [-0.39, 0.29) is 0 Å². The molecule has 6 nitrogen and oxygen atoms in total. The fourth-order valence-corrected chi connectivity index (χ4v) is 3.23. The zero-order chi connectivity index (χ0) is 18.8. The molecule has 0 unspecified atom stereocenters. The van der Waals surface area contributed by atoms with Gasteiger partial charge in [0.05, 0.1) is 10.0 Å². The molecule has 1 fully saturated rings. The molecule has 1 aliphatic heterocycles. The molecule has 25 heavy (non-hydrogen) atoms. The Morgan fingerprint density at radius 2 is 1.44 bits per heavy atom. The maximum Gasteiger partial charge on any atom is 0.414 e. The fourth-order valence-electron chi connectivity index (χ4n) is 2.30. The highest BCUT2D eigenvalue weighted by atomic mass is 35.5. The van der Waals surface area contributed by atoms with Crippen LogP contribution in [0.2, 0.25) is 15.1 Å². The average Bonchev–Trinajstić information content (AvgIpc) is 2.79. The van der Waals surface area contributed by atoms with Crippen molar-refractivity contribution >= 4 is 46.7 Å². The summed E-state index contributed by atoms with van der Waals surface area (Å²) >= 11 is 18.0. The lowest BCUT2D eigenvalue weighted by Crippen LogP contribution is -2.29. The van der Waals surface area contributed by atoms with E-state index >= 15 is 0 Å². The third-order valence-electron chi connectivity index (χ3n) is 3.50. The van der Waals surface area contributed by atoms with Gasteiger partial charge < -0.3 is 14.9 Å². The van der Waals surface area contributed by atoms with E-state index in [1.807, 2.05) is 0 Å². The van der Waals surface area contributed by atoms with Gasteiger partial charge in [-0.25, -0.2) is 9.59 Å². The number of carboxylic acids is 2. The van der Waals surface area contributed by atoms with Crippen LogP contribution >= 0.6 is 34.8 Å². The minimum atomic E-state index is -1.82. The molecule has 0 aliphatic carbocycles. The first kappa shape index (κ1) is 21.8. The molecule has 0 atom stereocenters. The number of aliphatic carboxylic acids is 2. The molecule has 140 valence electrons. The van der Waals surface area contributed by atoms with Crippen molar-refractivity contribution in [2.75, 3.05) is 26.2 Å². The Hall–Kier alpha value is -1.21. The maximum atomic E-state index is 9.10. The summed E-state index contributed by atoms with van der Waals surface area (Å²) in [5, 5.41) is 16.2. The molecule has 0 spiro atoms. The van der Waals surface area contributed by atoms with Crippen molar-refractivity contribution in [1.29, 1.82) is 0 Å². The van der Waals surface area contributed by atoms with Gasteiger partial charge in [-0.2, -0.15) is 0 Å². The molecular formula is C16H20Cl3NO5. The van der Waals surface area contributed by atoms with E-state index in [2.05, 4.69) is 4.90 Å². The summed E-state index contributed by atoms with van der Waals surface area (Å²) in [4.78, 5) is 20.6. The fraction of sp³-hybridized carbons (Fsp3) is 0.500. The van der Waals surface area contributed by atoms with E-state index in [0.29, 0.717) is 27.4 Å². The van der Waals surface area contributed by atoms with Gasteiger partial charge >= 0.3 is 11.9 Å². The molecule has 0 bridgehead atoms. The molecule has 0 saturated carbocycles. The van der Waals surface area contributed by atoms with E-state index < -0.39 is 11.9 Å². The van der Waals surface area contributed by atoms with Crippen molar-refractivity contribution in [1.82, 2.24) is 4.90 Å². The second kappa shape index (κ2) is 11.4. The Morgan fingerprint density at radius 1 is 0.960 bits per heavy atom. The Morgan fingerprint density at radius 3 is 1.88 bits per heavy atom. The number of hydrogen-bond donors (Lipinski definition) is 2. The molecule has 1 saturated heterocycles. The molecule has 2 N–H and O–H groups in total. The number of likely N-dealkylation sites (tertiary alicyclic amines) is 1. The zero-order valence-corrected chi connectivity index (χ0v) is 15.8. The van der Waals surface area contributed by atoms with E-state index in [1.54, 1.807) is 12.1 Å². The molecule has 9 heteroatoms. The van der Waals surface area contributed by atoms with Gasteiger partial charge in [-0.1, -0.05) is 47.6 Å². The minimum absolute atomic E-state index is 0.466. The van der Waals surface area contributed by atoms with Crippen LogP contribution in [0, 0.1) is 0 Å². The molecule has 1 heterocycles. The van der Waals surface area contributed by atoms with Gasteiger partial charge in [-0.3, -0.25) is 4.90 Å². The standard InChI is InChI=1S/C14H18Cl3NO.C2H2O4/c15-11-9-12(16)14(13(17)10-11)19-8-7-18-5-3-1-2-4-6-18;3-1(4)2(5)6/h9-10H,1-8H2;(H,3,4)(H,5,6). The third-order valence-corrected chi connectivity index (χ3v) is 4.28. The molecule has 1 aromatic rings. The number of carbonyl (C=O) groups is 2. The SMILES string of the molecule is Clc1cc(Cl)c(OCCN2CCCCCC2)c(Cl)c1.O=C(O)C(=O)O. The predicted octanol–water partition coefficient (Wildman–Crippen LogP) is 4.06. The van der Waals surface area contributed by atoms with Gasteiger partial charge in [0, 0.05) is 11.6 Å². The van der Waals surface area contributed by atoms with Crippen molar-refractivity contribution in [3.63, 3.8) is 0 Å².